The van der Waals surface area contributed by atoms with Crippen LogP contribution in [0.2, 0.25) is 0 Å². The maximum Gasteiger partial charge on any atom is 0.313 e. The first kappa shape index (κ1) is 14.1. The lowest BCUT2D eigenvalue weighted by Gasteiger charge is -2.19. The summed E-state index contributed by atoms with van der Waals surface area (Å²) in [6.45, 7) is 7.64. The van der Waals surface area contributed by atoms with E-state index in [0.717, 1.165) is 0 Å². The summed E-state index contributed by atoms with van der Waals surface area (Å²) in [6.07, 6.45) is 0. The van der Waals surface area contributed by atoms with Crippen molar-refractivity contribution in [2.75, 3.05) is 6.61 Å². The van der Waals surface area contributed by atoms with E-state index in [0.29, 0.717) is 5.56 Å². The Hall–Kier alpha value is -1.98. The second-order valence-electron chi connectivity index (χ2n) is 4.88. The van der Waals surface area contributed by atoms with Crippen LogP contribution in [0, 0.1) is 15.0 Å². The lowest BCUT2D eigenvalue weighted by molar-refractivity contribution is -0.385. The zero-order valence-electron chi connectivity index (χ0n) is 10.9. The van der Waals surface area contributed by atoms with Gasteiger partial charge in [0.15, 0.2) is 5.69 Å². The van der Waals surface area contributed by atoms with Gasteiger partial charge in [0.25, 0.3) is 0 Å². The van der Waals surface area contributed by atoms with Gasteiger partial charge < -0.3 is 4.74 Å². The number of rotatable bonds is 4. The zero-order chi connectivity index (χ0) is 13.9. The Kier molecular flexibility index (Phi) is 4.00. The molecule has 0 aliphatic heterocycles. The normalized spacial score (nSPS) is 11.1. The standard InChI is InChI=1S/C12H16N2O4/c1-5-18-11-9(13-15)6-8(12(2,3)4)7-10(11)14(16)17/h6-7H,5H2,1-4H3. The molecule has 0 heterocycles. The summed E-state index contributed by atoms with van der Waals surface area (Å²) < 4.78 is 5.15. The molecule has 0 atom stereocenters. The first-order valence-electron chi connectivity index (χ1n) is 5.60. The highest BCUT2D eigenvalue weighted by molar-refractivity contribution is 5.65. The molecule has 0 aromatic heterocycles. The Labute approximate surface area is 105 Å². The van der Waals surface area contributed by atoms with Crippen molar-refractivity contribution < 1.29 is 9.66 Å². The Morgan fingerprint density at radius 2 is 2.00 bits per heavy atom. The average molecular weight is 252 g/mol. The summed E-state index contributed by atoms with van der Waals surface area (Å²) in [5.41, 5.74) is 0.108. The smallest absolute Gasteiger partial charge is 0.313 e. The minimum absolute atomic E-state index is 0.0315. The van der Waals surface area contributed by atoms with Crippen molar-refractivity contribution in [3.8, 4) is 5.75 Å². The molecule has 0 bridgehead atoms. The van der Waals surface area contributed by atoms with Crippen LogP contribution in [0.4, 0.5) is 11.4 Å². The van der Waals surface area contributed by atoms with Crippen molar-refractivity contribution in [2.24, 2.45) is 5.18 Å². The number of hydrogen-bond donors (Lipinski definition) is 0. The van der Waals surface area contributed by atoms with Crippen LogP contribution in [0.15, 0.2) is 17.3 Å². The van der Waals surface area contributed by atoms with Crippen molar-refractivity contribution in [2.45, 2.75) is 33.1 Å². The van der Waals surface area contributed by atoms with E-state index in [1.54, 1.807) is 6.92 Å². The lowest BCUT2D eigenvalue weighted by atomic mass is 9.86. The third-order valence-corrected chi connectivity index (χ3v) is 2.50. The molecule has 0 amide bonds. The fourth-order valence-corrected chi connectivity index (χ4v) is 1.53. The van der Waals surface area contributed by atoms with Crippen molar-refractivity contribution in [1.82, 2.24) is 0 Å². The van der Waals surface area contributed by atoms with Gasteiger partial charge in [-0.1, -0.05) is 20.8 Å². The van der Waals surface area contributed by atoms with E-state index in [1.165, 1.54) is 12.1 Å². The van der Waals surface area contributed by atoms with Gasteiger partial charge in [-0.3, -0.25) is 10.1 Å². The summed E-state index contributed by atoms with van der Waals surface area (Å²) in [6, 6.07) is 2.96. The van der Waals surface area contributed by atoms with E-state index in [4.69, 9.17) is 4.74 Å². The number of nitroso groups, excluding NO2 is 1. The highest BCUT2D eigenvalue weighted by Crippen LogP contribution is 2.41. The van der Waals surface area contributed by atoms with Crippen LogP contribution in [-0.4, -0.2) is 11.5 Å². The number of hydrogen-bond acceptors (Lipinski definition) is 5. The highest BCUT2D eigenvalue weighted by atomic mass is 16.6. The molecule has 1 aromatic carbocycles. The lowest BCUT2D eigenvalue weighted by Crippen LogP contribution is -2.12. The van der Waals surface area contributed by atoms with E-state index < -0.39 is 4.92 Å². The van der Waals surface area contributed by atoms with Crippen molar-refractivity contribution in [1.29, 1.82) is 0 Å². The molecule has 0 unspecified atom stereocenters. The molecule has 1 aromatic rings. The number of benzene rings is 1. The fraction of sp³-hybridized carbons (Fsp3) is 0.500. The number of nitro benzene ring substituents is 1. The number of nitro groups is 1. The third kappa shape index (κ3) is 2.82. The minimum Gasteiger partial charge on any atom is -0.486 e. The predicted octanol–water partition coefficient (Wildman–Crippen LogP) is 3.69. The van der Waals surface area contributed by atoms with Crippen LogP contribution in [0.3, 0.4) is 0 Å². The van der Waals surface area contributed by atoms with Gasteiger partial charge in [0.1, 0.15) is 0 Å². The molecule has 0 spiro atoms. The largest absolute Gasteiger partial charge is 0.486 e. The monoisotopic (exact) mass is 252 g/mol. The zero-order valence-corrected chi connectivity index (χ0v) is 10.9. The summed E-state index contributed by atoms with van der Waals surface area (Å²) in [4.78, 5) is 21.3. The SMILES string of the molecule is CCOc1c(N=O)cc(C(C)(C)C)cc1[N+](=O)[O-]. The van der Waals surface area contributed by atoms with Crippen LogP contribution in [0.5, 0.6) is 5.75 Å². The molecule has 0 fully saturated rings. The molecule has 0 aliphatic rings. The highest BCUT2D eigenvalue weighted by Gasteiger charge is 2.26. The van der Waals surface area contributed by atoms with Gasteiger partial charge in [-0.15, -0.1) is 4.91 Å². The minimum atomic E-state index is -0.561. The van der Waals surface area contributed by atoms with E-state index in [2.05, 4.69) is 5.18 Å². The molecule has 0 aliphatic carbocycles. The Bertz CT molecular complexity index is 478. The van der Waals surface area contributed by atoms with Crippen LogP contribution in [0.25, 0.3) is 0 Å². The first-order valence-corrected chi connectivity index (χ1v) is 5.60. The number of ether oxygens (including phenoxy) is 1. The van der Waals surface area contributed by atoms with Crippen LogP contribution in [-0.2, 0) is 5.41 Å². The van der Waals surface area contributed by atoms with Gasteiger partial charge >= 0.3 is 5.69 Å². The first-order chi connectivity index (χ1) is 8.31. The maximum atomic E-state index is 11.0. The van der Waals surface area contributed by atoms with Crippen molar-refractivity contribution in [3.63, 3.8) is 0 Å². The van der Waals surface area contributed by atoms with Gasteiger partial charge in [0.05, 0.1) is 11.5 Å². The topological polar surface area (TPSA) is 81.8 Å². The number of nitrogens with zero attached hydrogens (tertiary/aromatic N) is 2. The average Bonchev–Trinajstić information content (AvgIpc) is 2.27. The Morgan fingerprint density at radius 1 is 1.39 bits per heavy atom. The molecular formula is C12H16N2O4. The van der Waals surface area contributed by atoms with Gasteiger partial charge in [0, 0.05) is 6.07 Å². The van der Waals surface area contributed by atoms with Crippen molar-refractivity contribution >= 4 is 11.4 Å². The van der Waals surface area contributed by atoms with Crippen LogP contribution < -0.4 is 4.74 Å². The van der Waals surface area contributed by atoms with E-state index in [-0.39, 0.29) is 29.1 Å². The molecular weight excluding hydrogens is 236 g/mol. The molecule has 0 radical (unpaired) electrons. The van der Waals surface area contributed by atoms with Gasteiger partial charge in [-0.2, -0.15) is 0 Å². The summed E-state index contributed by atoms with van der Waals surface area (Å²) >= 11 is 0. The second-order valence-corrected chi connectivity index (χ2v) is 4.88. The molecule has 1 rings (SSSR count). The van der Waals surface area contributed by atoms with E-state index in [1.807, 2.05) is 20.8 Å². The summed E-state index contributed by atoms with van der Waals surface area (Å²) in [7, 11) is 0. The van der Waals surface area contributed by atoms with Gasteiger partial charge in [-0.05, 0) is 29.1 Å². The second kappa shape index (κ2) is 5.12. The molecule has 0 N–H and O–H groups in total. The molecule has 0 saturated heterocycles. The van der Waals surface area contributed by atoms with E-state index in [9.17, 15) is 15.0 Å². The molecule has 0 saturated carbocycles. The predicted molar refractivity (Wildman–Crippen MR) is 68.4 cm³/mol. The third-order valence-electron chi connectivity index (χ3n) is 2.50. The molecule has 6 heteroatoms. The fourth-order valence-electron chi connectivity index (χ4n) is 1.53. The maximum absolute atomic E-state index is 11.0. The van der Waals surface area contributed by atoms with Gasteiger partial charge in [0.2, 0.25) is 5.75 Å². The molecule has 98 valence electrons. The van der Waals surface area contributed by atoms with Crippen LogP contribution >= 0.6 is 0 Å². The van der Waals surface area contributed by atoms with E-state index >= 15 is 0 Å². The van der Waals surface area contributed by atoms with Crippen LogP contribution in [0.1, 0.15) is 33.3 Å². The quantitative estimate of drug-likeness (QED) is 0.465. The molecule has 18 heavy (non-hydrogen) atoms. The Balaban J connectivity index is 3.53. The molecule has 6 nitrogen and oxygen atoms in total. The summed E-state index contributed by atoms with van der Waals surface area (Å²) in [5, 5.41) is 13.9. The van der Waals surface area contributed by atoms with Gasteiger partial charge in [-0.25, -0.2) is 0 Å². The summed E-state index contributed by atoms with van der Waals surface area (Å²) in [5.74, 6) is -0.0644. The Morgan fingerprint density at radius 3 is 2.39 bits per heavy atom. The van der Waals surface area contributed by atoms with Crippen molar-refractivity contribution in [3.05, 3.63) is 32.7 Å².